The van der Waals surface area contributed by atoms with Crippen molar-refractivity contribution in [2.24, 2.45) is 0 Å². The summed E-state index contributed by atoms with van der Waals surface area (Å²) in [6.45, 7) is 0.908. The molecule has 5 atom stereocenters. The van der Waals surface area contributed by atoms with Gasteiger partial charge in [-0.15, -0.1) is 0 Å². The number of benzene rings is 1. The van der Waals surface area contributed by atoms with E-state index in [-0.39, 0.29) is 25.4 Å². The van der Waals surface area contributed by atoms with Crippen molar-refractivity contribution in [3.05, 3.63) is 35.4 Å². The summed E-state index contributed by atoms with van der Waals surface area (Å²) in [5.41, 5.74) is 1.01. The Bertz CT molecular complexity index is 719. The molecule has 1 aromatic rings. The molecule has 6 N–H and O–H groups in total. The summed E-state index contributed by atoms with van der Waals surface area (Å²) in [4.78, 5) is 12.3. The van der Waals surface area contributed by atoms with Gasteiger partial charge >= 0.3 is 5.97 Å². The van der Waals surface area contributed by atoms with Gasteiger partial charge in [-0.05, 0) is 30.2 Å². The van der Waals surface area contributed by atoms with E-state index in [2.05, 4.69) is 0 Å². The number of phenolic OH excluding ortho intramolecular Hbond substituents is 2. The molecule has 0 aliphatic carbocycles. The summed E-state index contributed by atoms with van der Waals surface area (Å²) in [6.07, 6.45) is -5.69. The molecule has 0 aromatic heterocycles. The summed E-state index contributed by atoms with van der Waals surface area (Å²) >= 11 is 0. The Kier molecular flexibility index (Phi) is 8.38. The van der Waals surface area contributed by atoms with E-state index in [1.165, 1.54) is 24.3 Å². The molecule has 10 nitrogen and oxygen atoms in total. The maximum atomic E-state index is 12.3. The number of hydrogen-bond acceptors (Lipinski definition) is 10. The third-order valence-corrected chi connectivity index (χ3v) is 4.39. The zero-order valence-corrected chi connectivity index (χ0v) is 15.8. The number of hydrogen-bond donors (Lipinski definition) is 6. The molecule has 10 heteroatoms. The Morgan fingerprint density at radius 2 is 1.90 bits per heavy atom. The molecule has 1 aliphatic heterocycles. The van der Waals surface area contributed by atoms with Gasteiger partial charge in [-0.2, -0.15) is 0 Å². The fourth-order valence-corrected chi connectivity index (χ4v) is 2.80. The van der Waals surface area contributed by atoms with Crippen LogP contribution in [0.3, 0.4) is 0 Å². The van der Waals surface area contributed by atoms with Crippen molar-refractivity contribution in [3.63, 3.8) is 0 Å². The highest BCUT2D eigenvalue weighted by Gasteiger charge is 2.47. The third kappa shape index (κ3) is 6.13. The van der Waals surface area contributed by atoms with Gasteiger partial charge in [-0.25, -0.2) is 0 Å². The Hall–Kier alpha value is -2.21. The van der Waals surface area contributed by atoms with Gasteiger partial charge in [0, 0.05) is 0 Å². The number of aromatic hydroxyl groups is 2. The van der Waals surface area contributed by atoms with Crippen LogP contribution < -0.4 is 0 Å². The fraction of sp³-hybridized carbons (Fsp3) is 0.526. The minimum absolute atomic E-state index is 0.00395. The molecule has 1 fully saturated rings. The van der Waals surface area contributed by atoms with Crippen molar-refractivity contribution in [2.75, 3.05) is 19.8 Å². The van der Waals surface area contributed by atoms with Crippen molar-refractivity contribution >= 4 is 5.97 Å². The molecule has 1 heterocycles. The van der Waals surface area contributed by atoms with E-state index < -0.39 is 49.0 Å². The Labute approximate surface area is 167 Å². The SMILES string of the molecule is C/C(=C\CO)CO[C@@H]1O[C@H](CO)[C@@H](O)[C@H](OC(=O)Cc2ccc(O)c(O)c2)[C@H]1O. The quantitative estimate of drug-likeness (QED) is 0.175. The minimum Gasteiger partial charge on any atom is -0.504 e. The molecule has 0 spiro atoms. The second kappa shape index (κ2) is 10.5. The van der Waals surface area contributed by atoms with E-state index in [4.69, 9.17) is 19.3 Å². The first-order chi connectivity index (χ1) is 13.8. The van der Waals surface area contributed by atoms with Crippen LogP contribution in [0.1, 0.15) is 12.5 Å². The molecule has 2 rings (SSSR count). The average Bonchev–Trinajstić information content (AvgIpc) is 2.67. The Morgan fingerprint density at radius 1 is 1.17 bits per heavy atom. The van der Waals surface area contributed by atoms with E-state index in [1.807, 2.05) is 0 Å². The molecule has 1 aliphatic rings. The first kappa shape index (κ1) is 23.1. The van der Waals surface area contributed by atoms with E-state index in [1.54, 1.807) is 6.92 Å². The Balaban J connectivity index is 2.05. The topological polar surface area (TPSA) is 166 Å². The molecule has 1 aromatic carbocycles. The van der Waals surface area contributed by atoms with Crippen LogP contribution in [0.15, 0.2) is 29.8 Å². The van der Waals surface area contributed by atoms with Gasteiger partial charge in [-0.3, -0.25) is 4.79 Å². The lowest BCUT2D eigenvalue weighted by Crippen LogP contribution is -2.60. The zero-order chi connectivity index (χ0) is 21.6. The van der Waals surface area contributed by atoms with Crippen LogP contribution >= 0.6 is 0 Å². The van der Waals surface area contributed by atoms with Gasteiger partial charge in [0.25, 0.3) is 0 Å². The standard InChI is InChI=1S/C19H26O10/c1-10(4-5-20)9-27-19-17(26)18(16(25)14(8-21)28-19)29-15(24)7-11-2-3-12(22)13(23)6-11/h2-4,6,14,16-23,25-26H,5,7-9H2,1H3/b10-4+/t14-,16-,17-,18+,19-/m1/s1. The summed E-state index contributed by atoms with van der Waals surface area (Å²) < 4.78 is 16.0. The molecule has 0 saturated carbocycles. The van der Waals surface area contributed by atoms with Crippen molar-refractivity contribution in [1.29, 1.82) is 0 Å². The minimum atomic E-state index is -1.54. The normalized spacial score (nSPS) is 27.6. The summed E-state index contributed by atoms with van der Waals surface area (Å²) in [5, 5.41) is 57.8. The van der Waals surface area contributed by atoms with Crippen LogP contribution in [0.5, 0.6) is 11.5 Å². The molecule has 162 valence electrons. The van der Waals surface area contributed by atoms with E-state index in [9.17, 15) is 30.3 Å². The number of rotatable bonds is 8. The van der Waals surface area contributed by atoms with Crippen molar-refractivity contribution < 1.29 is 49.6 Å². The maximum absolute atomic E-state index is 12.3. The molecule has 0 unspecified atom stereocenters. The molecule has 0 amide bonds. The van der Waals surface area contributed by atoms with E-state index in [0.29, 0.717) is 11.1 Å². The van der Waals surface area contributed by atoms with Gasteiger partial charge in [0.15, 0.2) is 23.9 Å². The summed E-state index contributed by atoms with van der Waals surface area (Å²) in [6, 6.07) is 3.81. The number of aliphatic hydroxyl groups is 4. The molecular weight excluding hydrogens is 388 g/mol. The van der Waals surface area contributed by atoms with Crippen LogP contribution in [-0.4, -0.2) is 87.1 Å². The highest BCUT2D eigenvalue weighted by molar-refractivity contribution is 5.73. The average molecular weight is 414 g/mol. The number of aliphatic hydroxyl groups excluding tert-OH is 4. The van der Waals surface area contributed by atoms with Crippen LogP contribution in [0, 0.1) is 0 Å². The summed E-state index contributed by atoms with van der Waals surface area (Å²) in [5.74, 6) is -1.55. The van der Waals surface area contributed by atoms with Crippen LogP contribution in [0.4, 0.5) is 0 Å². The predicted molar refractivity (Wildman–Crippen MR) is 97.9 cm³/mol. The first-order valence-electron chi connectivity index (χ1n) is 8.97. The second-order valence-electron chi connectivity index (χ2n) is 6.71. The summed E-state index contributed by atoms with van der Waals surface area (Å²) in [7, 11) is 0. The van der Waals surface area contributed by atoms with Gasteiger partial charge in [0.2, 0.25) is 0 Å². The van der Waals surface area contributed by atoms with Crippen molar-refractivity contribution in [1.82, 2.24) is 0 Å². The highest BCUT2D eigenvalue weighted by atomic mass is 16.7. The maximum Gasteiger partial charge on any atom is 0.310 e. The van der Waals surface area contributed by atoms with Crippen molar-refractivity contribution in [2.45, 2.75) is 44.1 Å². The lowest BCUT2D eigenvalue weighted by molar-refractivity contribution is -0.301. The molecule has 0 radical (unpaired) electrons. The highest BCUT2D eigenvalue weighted by Crippen LogP contribution is 2.27. The van der Waals surface area contributed by atoms with Gasteiger partial charge in [0.05, 0.1) is 26.2 Å². The number of carbonyl (C=O) groups excluding carboxylic acids is 1. The number of carbonyl (C=O) groups is 1. The molecule has 1 saturated heterocycles. The number of ether oxygens (including phenoxy) is 3. The monoisotopic (exact) mass is 414 g/mol. The predicted octanol–water partition coefficient (Wildman–Crippen LogP) is -1.05. The van der Waals surface area contributed by atoms with Crippen LogP contribution in [0.25, 0.3) is 0 Å². The van der Waals surface area contributed by atoms with Gasteiger partial charge < -0.3 is 44.8 Å². The molecule has 29 heavy (non-hydrogen) atoms. The molecule has 0 bridgehead atoms. The lowest BCUT2D eigenvalue weighted by Gasteiger charge is -2.41. The number of phenols is 2. The van der Waals surface area contributed by atoms with Crippen molar-refractivity contribution in [3.8, 4) is 11.5 Å². The largest absolute Gasteiger partial charge is 0.504 e. The van der Waals surface area contributed by atoms with Crippen LogP contribution in [-0.2, 0) is 25.4 Å². The van der Waals surface area contributed by atoms with Gasteiger partial charge in [0.1, 0.15) is 18.3 Å². The van der Waals surface area contributed by atoms with Gasteiger partial charge in [-0.1, -0.05) is 12.1 Å². The van der Waals surface area contributed by atoms with E-state index >= 15 is 0 Å². The Morgan fingerprint density at radius 3 is 2.52 bits per heavy atom. The molecular formula is C19H26O10. The zero-order valence-electron chi connectivity index (χ0n) is 15.8. The fourth-order valence-electron chi connectivity index (χ4n) is 2.80. The smallest absolute Gasteiger partial charge is 0.310 e. The van der Waals surface area contributed by atoms with Crippen LogP contribution in [0.2, 0.25) is 0 Å². The first-order valence-corrected chi connectivity index (χ1v) is 8.97. The van der Waals surface area contributed by atoms with E-state index in [0.717, 1.165) is 0 Å². The lowest BCUT2D eigenvalue weighted by atomic mass is 9.99. The number of esters is 1. The second-order valence-corrected chi connectivity index (χ2v) is 6.71. The third-order valence-electron chi connectivity index (χ3n) is 4.39.